The Labute approximate surface area is 167 Å². The maximum Gasteiger partial charge on any atom is 0.168 e. The van der Waals surface area contributed by atoms with Crippen molar-refractivity contribution in [2.45, 2.75) is 20.4 Å². The molecule has 0 fully saturated rings. The highest BCUT2D eigenvalue weighted by molar-refractivity contribution is 5.77. The molecule has 0 aliphatic carbocycles. The van der Waals surface area contributed by atoms with Gasteiger partial charge in [0, 0.05) is 30.8 Å². The standard InChI is InChI=1S/C23H29NO4/c1-6-16(2)14-24-10-11-28-22-18(15-24)12-17(13-21(22)26-4)19-8-7-9-20(25-3)23(19)27-5/h6-9,12-13H,10-11,14-15H2,1-5H3/b16-6+. The summed E-state index contributed by atoms with van der Waals surface area (Å²) < 4.78 is 22.8. The van der Waals surface area contributed by atoms with Gasteiger partial charge in [0.25, 0.3) is 0 Å². The fraction of sp³-hybridized carbons (Fsp3) is 0.391. The highest BCUT2D eigenvalue weighted by Gasteiger charge is 2.22. The van der Waals surface area contributed by atoms with Crippen molar-refractivity contribution in [1.82, 2.24) is 4.90 Å². The molecule has 0 saturated heterocycles. The Balaban J connectivity index is 2.07. The summed E-state index contributed by atoms with van der Waals surface area (Å²) in [6, 6.07) is 10.1. The maximum absolute atomic E-state index is 6.07. The van der Waals surface area contributed by atoms with Crippen LogP contribution in [-0.4, -0.2) is 45.9 Å². The Morgan fingerprint density at radius 3 is 2.57 bits per heavy atom. The van der Waals surface area contributed by atoms with Gasteiger partial charge < -0.3 is 18.9 Å². The number of fused-ring (bicyclic) bond motifs is 1. The molecule has 0 spiro atoms. The predicted octanol–water partition coefficient (Wildman–Crippen LogP) is 4.54. The molecule has 0 N–H and O–H groups in total. The summed E-state index contributed by atoms with van der Waals surface area (Å²) in [4.78, 5) is 2.40. The summed E-state index contributed by atoms with van der Waals surface area (Å²) in [7, 11) is 4.99. The molecular weight excluding hydrogens is 354 g/mol. The van der Waals surface area contributed by atoms with Crippen molar-refractivity contribution in [2.75, 3.05) is 41.0 Å². The van der Waals surface area contributed by atoms with Gasteiger partial charge in [-0.05, 0) is 37.6 Å². The van der Waals surface area contributed by atoms with Gasteiger partial charge in [0.05, 0.1) is 21.3 Å². The molecular formula is C23H29NO4. The average molecular weight is 383 g/mol. The molecule has 1 aliphatic heterocycles. The number of nitrogens with zero attached hydrogens (tertiary/aromatic N) is 1. The third kappa shape index (κ3) is 4.09. The zero-order chi connectivity index (χ0) is 20.1. The molecule has 0 amide bonds. The van der Waals surface area contributed by atoms with Crippen molar-refractivity contribution in [2.24, 2.45) is 0 Å². The van der Waals surface area contributed by atoms with Gasteiger partial charge in [-0.15, -0.1) is 0 Å². The highest BCUT2D eigenvalue weighted by atomic mass is 16.5. The van der Waals surface area contributed by atoms with E-state index in [4.69, 9.17) is 18.9 Å². The minimum Gasteiger partial charge on any atom is -0.493 e. The summed E-state index contributed by atoms with van der Waals surface area (Å²) in [5.74, 6) is 2.98. The smallest absolute Gasteiger partial charge is 0.168 e. The van der Waals surface area contributed by atoms with Crippen molar-refractivity contribution in [3.63, 3.8) is 0 Å². The summed E-state index contributed by atoms with van der Waals surface area (Å²) in [6.45, 7) is 7.48. The second-order valence-corrected chi connectivity index (χ2v) is 6.90. The Morgan fingerprint density at radius 1 is 1.11 bits per heavy atom. The van der Waals surface area contributed by atoms with Gasteiger partial charge in [0.1, 0.15) is 6.61 Å². The van der Waals surface area contributed by atoms with Gasteiger partial charge in [-0.25, -0.2) is 0 Å². The molecule has 2 aromatic rings. The van der Waals surface area contributed by atoms with E-state index in [1.54, 1.807) is 21.3 Å². The zero-order valence-corrected chi connectivity index (χ0v) is 17.4. The van der Waals surface area contributed by atoms with E-state index < -0.39 is 0 Å². The van der Waals surface area contributed by atoms with Crippen LogP contribution in [0.3, 0.4) is 0 Å². The lowest BCUT2D eigenvalue weighted by Gasteiger charge is -2.20. The van der Waals surface area contributed by atoms with Gasteiger partial charge in [-0.2, -0.15) is 0 Å². The van der Waals surface area contributed by atoms with Gasteiger partial charge in [0.2, 0.25) is 0 Å². The molecule has 0 unspecified atom stereocenters. The molecule has 2 aromatic carbocycles. The number of methoxy groups -OCH3 is 3. The van der Waals surface area contributed by atoms with E-state index in [1.807, 2.05) is 24.3 Å². The molecule has 0 atom stereocenters. The summed E-state index contributed by atoms with van der Waals surface area (Å²) >= 11 is 0. The molecule has 0 saturated carbocycles. The molecule has 0 aromatic heterocycles. The van der Waals surface area contributed by atoms with Gasteiger partial charge in [0.15, 0.2) is 23.0 Å². The third-order valence-electron chi connectivity index (χ3n) is 5.08. The number of benzene rings is 2. The molecule has 150 valence electrons. The Morgan fingerprint density at radius 2 is 1.89 bits per heavy atom. The monoisotopic (exact) mass is 383 g/mol. The lowest BCUT2D eigenvalue weighted by Crippen LogP contribution is -2.27. The van der Waals surface area contributed by atoms with Crippen LogP contribution < -0.4 is 18.9 Å². The van der Waals surface area contributed by atoms with Crippen LogP contribution in [0.15, 0.2) is 42.0 Å². The van der Waals surface area contributed by atoms with E-state index in [0.717, 1.165) is 47.8 Å². The van der Waals surface area contributed by atoms with E-state index in [-0.39, 0.29) is 0 Å². The quantitative estimate of drug-likeness (QED) is 0.685. The van der Waals surface area contributed by atoms with E-state index in [1.165, 1.54) is 5.57 Å². The number of rotatable bonds is 6. The number of hydrogen-bond donors (Lipinski definition) is 0. The zero-order valence-electron chi connectivity index (χ0n) is 17.4. The van der Waals surface area contributed by atoms with Crippen molar-refractivity contribution in [1.29, 1.82) is 0 Å². The van der Waals surface area contributed by atoms with Crippen LogP contribution in [0.5, 0.6) is 23.0 Å². The molecule has 0 bridgehead atoms. The van der Waals surface area contributed by atoms with Crippen molar-refractivity contribution in [3.05, 3.63) is 47.5 Å². The molecule has 5 nitrogen and oxygen atoms in total. The minimum atomic E-state index is 0.641. The maximum atomic E-state index is 6.07. The highest BCUT2D eigenvalue weighted by Crippen LogP contribution is 2.43. The van der Waals surface area contributed by atoms with Gasteiger partial charge in [-0.1, -0.05) is 23.8 Å². The first kappa shape index (κ1) is 20.1. The molecule has 3 rings (SSSR count). The Kier molecular flexibility index (Phi) is 6.47. The lowest BCUT2D eigenvalue weighted by atomic mass is 10.00. The van der Waals surface area contributed by atoms with Crippen LogP contribution in [0.2, 0.25) is 0 Å². The number of para-hydroxylation sites is 1. The number of allylic oxidation sites excluding steroid dienone is 1. The predicted molar refractivity (Wildman–Crippen MR) is 112 cm³/mol. The topological polar surface area (TPSA) is 40.2 Å². The Hall–Kier alpha value is -2.66. The largest absolute Gasteiger partial charge is 0.493 e. The number of ether oxygens (including phenoxy) is 4. The second-order valence-electron chi connectivity index (χ2n) is 6.90. The third-order valence-corrected chi connectivity index (χ3v) is 5.08. The fourth-order valence-corrected chi connectivity index (χ4v) is 3.54. The summed E-state index contributed by atoms with van der Waals surface area (Å²) in [5.41, 5.74) is 4.43. The van der Waals surface area contributed by atoms with Crippen LogP contribution in [-0.2, 0) is 6.54 Å². The molecule has 5 heteroatoms. The first-order chi connectivity index (χ1) is 13.6. The van der Waals surface area contributed by atoms with Crippen LogP contribution in [0, 0.1) is 0 Å². The molecule has 1 aliphatic rings. The lowest BCUT2D eigenvalue weighted by molar-refractivity contribution is 0.235. The fourth-order valence-electron chi connectivity index (χ4n) is 3.54. The van der Waals surface area contributed by atoms with E-state index >= 15 is 0 Å². The van der Waals surface area contributed by atoms with Crippen molar-refractivity contribution >= 4 is 0 Å². The molecule has 0 radical (unpaired) electrons. The second kappa shape index (κ2) is 9.02. The first-order valence-corrected chi connectivity index (χ1v) is 9.50. The van der Waals surface area contributed by atoms with Crippen LogP contribution in [0.1, 0.15) is 19.4 Å². The molecule has 28 heavy (non-hydrogen) atoms. The van der Waals surface area contributed by atoms with E-state index in [2.05, 4.69) is 30.9 Å². The van der Waals surface area contributed by atoms with Gasteiger partial charge in [-0.3, -0.25) is 4.90 Å². The minimum absolute atomic E-state index is 0.641. The summed E-state index contributed by atoms with van der Waals surface area (Å²) in [5, 5.41) is 0. The number of hydrogen-bond acceptors (Lipinski definition) is 5. The molecule has 1 heterocycles. The van der Waals surface area contributed by atoms with Crippen molar-refractivity contribution < 1.29 is 18.9 Å². The van der Waals surface area contributed by atoms with Crippen LogP contribution >= 0.6 is 0 Å². The normalized spacial score (nSPS) is 14.7. The van der Waals surface area contributed by atoms with Crippen LogP contribution in [0.4, 0.5) is 0 Å². The SMILES string of the molecule is C/C=C(\C)CN1CCOc2c(cc(-c3cccc(OC)c3OC)cc2OC)C1. The van der Waals surface area contributed by atoms with Crippen LogP contribution in [0.25, 0.3) is 11.1 Å². The van der Waals surface area contributed by atoms with Gasteiger partial charge >= 0.3 is 0 Å². The van der Waals surface area contributed by atoms with Crippen molar-refractivity contribution in [3.8, 4) is 34.1 Å². The Bertz CT molecular complexity index is 860. The first-order valence-electron chi connectivity index (χ1n) is 9.50. The van der Waals surface area contributed by atoms with E-state index in [0.29, 0.717) is 18.1 Å². The van der Waals surface area contributed by atoms with E-state index in [9.17, 15) is 0 Å². The average Bonchev–Trinajstić information content (AvgIpc) is 2.93. The summed E-state index contributed by atoms with van der Waals surface area (Å²) in [6.07, 6.45) is 2.16.